The molecule has 2 aromatic carbocycles. The molecule has 0 amide bonds. The van der Waals surface area contributed by atoms with Crippen molar-refractivity contribution >= 4 is 21.6 Å². The molecule has 0 saturated carbocycles. The molecule has 0 saturated heterocycles. The van der Waals surface area contributed by atoms with Crippen molar-refractivity contribution < 1.29 is 13.5 Å². The molecule has 2 N–H and O–H groups in total. The first-order valence-corrected chi connectivity index (χ1v) is 5.97. The molecule has 0 radical (unpaired) electrons. The second-order valence-corrected chi connectivity index (χ2v) is 4.67. The second kappa shape index (κ2) is 5.35. The first kappa shape index (κ1) is 12.8. The molecule has 0 aliphatic carbocycles. The van der Waals surface area contributed by atoms with E-state index < -0.39 is 11.6 Å². The van der Waals surface area contributed by atoms with Crippen molar-refractivity contribution in [3.63, 3.8) is 0 Å². The summed E-state index contributed by atoms with van der Waals surface area (Å²) in [5.74, 6) is -0.515. The summed E-state index contributed by atoms with van der Waals surface area (Å²) >= 11 is 3.16. The average Bonchev–Trinajstić information content (AvgIpc) is 2.29. The van der Waals surface area contributed by atoms with E-state index >= 15 is 0 Å². The lowest BCUT2D eigenvalue weighted by Crippen LogP contribution is -1.98. The van der Waals surface area contributed by atoms with Crippen molar-refractivity contribution in [1.29, 1.82) is 0 Å². The van der Waals surface area contributed by atoms with Crippen LogP contribution in [0.5, 0.6) is 5.75 Å². The van der Waals surface area contributed by atoms with Crippen LogP contribution in [0.2, 0.25) is 0 Å². The van der Waals surface area contributed by atoms with E-state index in [2.05, 4.69) is 15.9 Å². The molecule has 0 aliphatic heterocycles. The average molecular weight is 314 g/mol. The fraction of sp³-hybridized carbons (Fsp3) is 0.0769. The normalized spacial score (nSPS) is 10.4. The lowest BCUT2D eigenvalue weighted by molar-refractivity contribution is 0.304. The van der Waals surface area contributed by atoms with Gasteiger partial charge in [0.15, 0.2) is 0 Å². The molecule has 0 spiro atoms. The highest BCUT2D eigenvalue weighted by atomic mass is 79.9. The Morgan fingerprint density at radius 2 is 1.89 bits per heavy atom. The molecule has 0 aromatic heterocycles. The summed E-state index contributed by atoms with van der Waals surface area (Å²) in [7, 11) is 0. The van der Waals surface area contributed by atoms with E-state index in [9.17, 15) is 8.78 Å². The largest absolute Gasteiger partial charge is 0.489 e. The van der Waals surface area contributed by atoms with Crippen molar-refractivity contribution in [2.24, 2.45) is 0 Å². The molecule has 0 atom stereocenters. The van der Waals surface area contributed by atoms with Crippen LogP contribution in [0.3, 0.4) is 0 Å². The lowest BCUT2D eigenvalue weighted by Gasteiger charge is -2.07. The summed E-state index contributed by atoms with van der Waals surface area (Å²) < 4.78 is 32.2. The molecule has 94 valence electrons. The van der Waals surface area contributed by atoms with Gasteiger partial charge in [0.25, 0.3) is 0 Å². The summed E-state index contributed by atoms with van der Waals surface area (Å²) in [4.78, 5) is 0. The Bertz CT molecular complexity index is 555. The van der Waals surface area contributed by atoms with E-state index in [0.717, 1.165) is 0 Å². The number of nitrogens with two attached hydrogens (primary N) is 1. The Labute approximate surface area is 112 Å². The summed E-state index contributed by atoms with van der Waals surface area (Å²) in [6.07, 6.45) is 0. The summed E-state index contributed by atoms with van der Waals surface area (Å²) in [5, 5.41) is 0. The minimum Gasteiger partial charge on any atom is -0.489 e. The van der Waals surface area contributed by atoms with Crippen LogP contribution in [0.4, 0.5) is 14.5 Å². The predicted octanol–water partition coefficient (Wildman–Crippen LogP) is 3.89. The molecule has 0 heterocycles. The van der Waals surface area contributed by atoms with Gasteiger partial charge in [-0.15, -0.1) is 0 Å². The van der Waals surface area contributed by atoms with Crippen LogP contribution in [-0.4, -0.2) is 0 Å². The number of nitrogen functional groups attached to an aromatic ring is 1. The number of ether oxygens (including phenoxy) is 1. The van der Waals surface area contributed by atoms with Crippen LogP contribution in [0.25, 0.3) is 0 Å². The maximum atomic E-state index is 13.2. The van der Waals surface area contributed by atoms with Crippen molar-refractivity contribution in [3.8, 4) is 5.75 Å². The zero-order chi connectivity index (χ0) is 13.1. The molecule has 0 fully saturated rings. The van der Waals surface area contributed by atoms with E-state index in [-0.39, 0.29) is 12.3 Å². The second-order valence-electron chi connectivity index (χ2n) is 3.75. The number of benzene rings is 2. The van der Waals surface area contributed by atoms with Gasteiger partial charge in [-0.3, -0.25) is 0 Å². The van der Waals surface area contributed by atoms with Gasteiger partial charge in [0, 0.05) is 10.5 Å². The van der Waals surface area contributed by atoms with Gasteiger partial charge in [0.2, 0.25) is 0 Å². The molecule has 5 heteroatoms. The fourth-order valence-corrected chi connectivity index (χ4v) is 1.88. The molecule has 0 unspecified atom stereocenters. The van der Waals surface area contributed by atoms with E-state index in [1.54, 1.807) is 12.1 Å². The van der Waals surface area contributed by atoms with E-state index in [4.69, 9.17) is 10.5 Å². The van der Waals surface area contributed by atoms with Crippen molar-refractivity contribution in [1.82, 2.24) is 0 Å². The van der Waals surface area contributed by atoms with E-state index in [1.165, 1.54) is 24.3 Å². The number of halogens is 3. The van der Waals surface area contributed by atoms with Gasteiger partial charge in [0.05, 0.1) is 5.69 Å². The molecule has 2 nitrogen and oxygen atoms in total. The van der Waals surface area contributed by atoms with E-state index in [0.29, 0.717) is 15.8 Å². The third-order valence-corrected chi connectivity index (χ3v) is 2.76. The number of hydrogen-bond donors (Lipinski definition) is 1. The topological polar surface area (TPSA) is 35.2 Å². The maximum Gasteiger partial charge on any atom is 0.146 e. The highest BCUT2D eigenvalue weighted by Gasteiger charge is 2.03. The Kier molecular flexibility index (Phi) is 3.81. The van der Waals surface area contributed by atoms with Crippen molar-refractivity contribution in [2.75, 3.05) is 5.73 Å². The summed E-state index contributed by atoms with van der Waals surface area (Å²) in [6, 6.07) is 8.65. The minimum absolute atomic E-state index is 0.0900. The third kappa shape index (κ3) is 3.20. The van der Waals surface area contributed by atoms with E-state index in [1.807, 2.05) is 0 Å². The Morgan fingerprint density at radius 1 is 1.11 bits per heavy atom. The van der Waals surface area contributed by atoms with Gasteiger partial charge in [-0.25, -0.2) is 8.78 Å². The third-order valence-electron chi connectivity index (χ3n) is 2.31. The van der Waals surface area contributed by atoms with Crippen LogP contribution in [0.15, 0.2) is 40.9 Å². The molecule has 2 rings (SSSR count). The van der Waals surface area contributed by atoms with Gasteiger partial charge in [-0.05, 0) is 29.8 Å². The number of hydrogen-bond acceptors (Lipinski definition) is 2. The molecular weight excluding hydrogens is 304 g/mol. The first-order valence-electron chi connectivity index (χ1n) is 5.17. The molecule has 0 aliphatic rings. The molecular formula is C13H10BrF2NO. The predicted molar refractivity (Wildman–Crippen MR) is 69.2 cm³/mol. The Hall–Kier alpha value is -1.62. The van der Waals surface area contributed by atoms with Gasteiger partial charge in [-0.1, -0.05) is 22.0 Å². The highest BCUT2D eigenvalue weighted by Crippen LogP contribution is 2.22. The monoisotopic (exact) mass is 313 g/mol. The van der Waals surface area contributed by atoms with Gasteiger partial charge < -0.3 is 10.5 Å². The lowest BCUT2D eigenvalue weighted by atomic mass is 10.2. The van der Waals surface area contributed by atoms with Crippen LogP contribution in [-0.2, 0) is 6.61 Å². The van der Waals surface area contributed by atoms with Crippen LogP contribution in [0.1, 0.15) is 5.56 Å². The molecule has 2 aromatic rings. The number of rotatable bonds is 3. The molecule has 18 heavy (non-hydrogen) atoms. The fourth-order valence-electron chi connectivity index (χ4n) is 1.44. The van der Waals surface area contributed by atoms with Crippen LogP contribution >= 0.6 is 15.9 Å². The van der Waals surface area contributed by atoms with Gasteiger partial charge >= 0.3 is 0 Å². The smallest absolute Gasteiger partial charge is 0.146 e. The standard InChI is InChI=1S/C13H10BrF2NO/c14-9-4-10(15)6-11(5-9)18-7-8-1-2-13(17)12(16)3-8/h1-6H,7,17H2. The Morgan fingerprint density at radius 3 is 2.56 bits per heavy atom. The Balaban J connectivity index is 2.08. The van der Waals surface area contributed by atoms with Crippen LogP contribution < -0.4 is 10.5 Å². The SMILES string of the molecule is Nc1ccc(COc2cc(F)cc(Br)c2)cc1F. The molecule has 0 bridgehead atoms. The van der Waals surface area contributed by atoms with Gasteiger partial charge in [-0.2, -0.15) is 0 Å². The quantitative estimate of drug-likeness (QED) is 0.873. The highest BCUT2D eigenvalue weighted by molar-refractivity contribution is 9.10. The van der Waals surface area contributed by atoms with Crippen molar-refractivity contribution in [2.45, 2.75) is 6.61 Å². The van der Waals surface area contributed by atoms with Gasteiger partial charge in [0.1, 0.15) is 24.0 Å². The minimum atomic E-state index is -0.489. The summed E-state index contributed by atoms with van der Waals surface area (Å²) in [6.45, 7) is 0.146. The maximum absolute atomic E-state index is 13.2. The zero-order valence-electron chi connectivity index (χ0n) is 9.29. The summed E-state index contributed by atoms with van der Waals surface area (Å²) in [5.41, 5.74) is 6.08. The number of anilines is 1. The first-order chi connectivity index (χ1) is 8.54. The zero-order valence-corrected chi connectivity index (χ0v) is 10.9. The van der Waals surface area contributed by atoms with Crippen LogP contribution in [0, 0.1) is 11.6 Å². The van der Waals surface area contributed by atoms with Crippen molar-refractivity contribution in [3.05, 3.63) is 58.1 Å².